The first-order valence-corrected chi connectivity index (χ1v) is 6.87. The van der Waals surface area contributed by atoms with E-state index in [1.54, 1.807) is 18.5 Å². The zero-order valence-electron chi connectivity index (χ0n) is 9.95. The highest BCUT2D eigenvalue weighted by atomic mass is 127. The molecule has 4 nitrogen and oxygen atoms in total. The highest BCUT2D eigenvalue weighted by Gasteiger charge is 2.04. The lowest BCUT2D eigenvalue weighted by molar-refractivity contribution is 0.639. The van der Waals surface area contributed by atoms with Crippen LogP contribution < -0.4 is 5.56 Å². The van der Waals surface area contributed by atoms with Gasteiger partial charge in [0.15, 0.2) is 0 Å². The fourth-order valence-electron chi connectivity index (χ4n) is 1.98. The van der Waals surface area contributed by atoms with Crippen LogP contribution in [0.1, 0.15) is 5.56 Å². The molecule has 3 aromatic rings. The minimum atomic E-state index is -0.0900. The van der Waals surface area contributed by atoms with Crippen molar-refractivity contribution >= 4 is 33.5 Å². The lowest BCUT2D eigenvalue weighted by Gasteiger charge is -2.07. The Labute approximate surface area is 123 Å². The average molecular weight is 363 g/mol. The summed E-state index contributed by atoms with van der Waals surface area (Å²) < 4.78 is 2.31. The molecule has 0 radical (unpaired) electrons. The van der Waals surface area contributed by atoms with E-state index in [0.717, 1.165) is 20.0 Å². The molecule has 0 atom stereocenters. The Hall–Kier alpha value is -1.76. The van der Waals surface area contributed by atoms with Gasteiger partial charge in [-0.1, -0.05) is 18.2 Å². The molecule has 0 aliphatic rings. The van der Waals surface area contributed by atoms with Gasteiger partial charge < -0.3 is 0 Å². The van der Waals surface area contributed by atoms with Gasteiger partial charge in [-0.05, 0) is 40.3 Å². The Morgan fingerprint density at radius 2 is 2.05 bits per heavy atom. The van der Waals surface area contributed by atoms with Crippen LogP contribution in [0, 0.1) is 3.57 Å². The van der Waals surface area contributed by atoms with Crippen molar-refractivity contribution < 1.29 is 0 Å². The fourth-order valence-corrected chi connectivity index (χ4v) is 2.38. The van der Waals surface area contributed by atoms with Crippen LogP contribution >= 0.6 is 22.6 Å². The molecule has 0 aliphatic heterocycles. The van der Waals surface area contributed by atoms with Gasteiger partial charge in [-0.2, -0.15) is 5.10 Å². The third-order valence-electron chi connectivity index (χ3n) is 2.90. The summed E-state index contributed by atoms with van der Waals surface area (Å²) in [6.07, 6.45) is 3.45. The first-order chi connectivity index (χ1) is 9.24. The van der Waals surface area contributed by atoms with E-state index < -0.39 is 0 Å². The average Bonchev–Trinajstić information content (AvgIpc) is 2.42. The number of hydrogen-bond acceptors (Lipinski definition) is 3. The molecule has 0 saturated carbocycles. The molecule has 0 amide bonds. The SMILES string of the molecule is O=c1cc(I)cnn1Cc1ccnc2ccccc12. The van der Waals surface area contributed by atoms with Crippen LogP contribution in [0.2, 0.25) is 0 Å². The monoisotopic (exact) mass is 363 g/mol. The van der Waals surface area contributed by atoms with Crippen LogP contribution in [-0.4, -0.2) is 14.8 Å². The number of para-hydroxylation sites is 1. The highest BCUT2D eigenvalue weighted by Crippen LogP contribution is 2.16. The molecule has 2 aromatic heterocycles. The second kappa shape index (κ2) is 5.08. The summed E-state index contributed by atoms with van der Waals surface area (Å²) in [7, 11) is 0. The van der Waals surface area contributed by atoms with Gasteiger partial charge in [0, 0.05) is 21.2 Å². The molecular weight excluding hydrogens is 353 g/mol. The van der Waals surface area contributed by atoms with Crippen LogP contribution in [0.3, 0.4) is 0 Å². The van der Waals surface area contributed by atoms with Crippen LogP contribution in [0.4, 0.5) is 0 Å². The minimum Gasteiger partial charge on any atom is -0.268 e. The van der Waals surface area contributed by atoms with E-state index in [9.17, 15) is 4.79 Å². The first kappa shape index (κ1) is 12.3. The molecule has 0 spiro atoms. The number of aromatic nitrogens is 3. The van der Waals surface area contributed by atoms with Crippen LogP contribution in [-0.2, 0) is 6.54 Å². The van der Waals surface area contributed by atoms with Gasteiger partial charge in [-0.15, -0.1) is 0 Å². The van der Waals surface area contributed by atoms with Crippen LogP contribution in [0.15, 0.2) is 53.6 Å². The van der Waals surface area contributed by atoms with Gasteiger partial charge in [0.2, 0.25) is 0 Å². The van der Waals surface area contributed by atoms with Crippen molar-refractivity contribution in [2.24, 2.45) is 0 Å². The maximum atomic E-state index is 11.9. The number of benzene rings is 1. The van der Waals surface area contributed by atoms with E-state index >= 15 is 0 Å². The second-order valence-corrected chi connectivity index (χ2v) is 5.40. The second-order valence-electron chi connectivity index (χ2n) is 4.16. The zero-order chi connectivity index (χ0) is 13.2. The molecule has 3 rings (SSSR count). The van der Waals surface area contributed by atoms with Crippen molar-refractivity contribution in [1.82, 2.24) is 14.8 Å². The van der Waals surface area contributed by atoms with Crippen molar-refractivity contribution in [3.63, 3.8) is 0 Å². The first-order valence-electron chi connectivity index (χ1n) is 5.79. The zero-order valence-corrected chi connectivity index (χ0v) is 12.1. The third kappa shape index (κ3) is 2.51. The smallest absolute Gasteiger partial charge is 0.268 e. The number of nitrogens with zero attached hydrogens (tertiary/aromatic N) is 3. The van der Waals surface area contributed by atoms with Crippen molar-refractivity contribution in [3.8, 4) is 0 Å². The summed E-state index contributed by atoms with van der Waals surface area (Å²) >= 11 is 2.08. The molecule has 0 unspecified atom stereocenters. The van der Waals surface area contributed by atoms with Crippen molar-refractivity contribution in [2.45, 2.75) is 6.54 Å². The molecule has 94 valence electrons. The van der Waals surface area contributed by atoms with E-state index in [1.807, 2.05) is 30.3 Å². The Balaban J connectivity index is 2.08. The maximum absolute atomic E-state index is 11.9. The molecule has 19 heavy (non-hydrogen) atoms. The number of rotatable bonds is 2. The lowest BCUT2D eigenvalue weighted by Crippen LogP contribution is -2.22. The number of pyridine rings is 1. The van der Waals surface area contributed by atoms with Gasteiger partial charge in [-0.25, -0.2) is 4.68 Å². The van der Waals surface area contributed by atoms with E-state index in [1.165, 1.54) is 4.68 Å². The Morgan fingerprint density at radius 3 is 2.89 bits per heavy atom. The van der Waals surface area contributed by atoms with Crippen molar-refractivity contribution in [1.29, 1.82) is 0 Å². The molecule has 0 bridgehead atoms. The molecule has 0 saturated heterocycles. The summed E-state index contributed by atoms with van der Waals surface area (Å²) in [5.74, 6) is 0. The van der Waals surface area contributed by atoms with Gasteiger partial charge in [0.1, 0.15) is 0 Å². The molecule has 0 fully saturated rings. The maximum Gasteiger partial charge on any atom is 0.268 e. The molecule has 0 N–H and O–H groups in total. The van der Waals surface area contributed by atoms with Gasteiger partial charge in [0.25, 0.3) is 5.56 Å². The van der Waals surface area contributed by atoms with Crippen LogP contribution in [0.25, 0.3) is 10.9 Å². The third-order valence-corrected chi connectivity index (χ3v) is 3.49. The lowest BCUT2D eigenvalue weighted by atomic mass is 10.1. The minimum absolute atomic E-state index is 0.0900. The highest BCUT2D eigenvalue weighted by molar-refractivity contribution is 14.1. The molecule has 2 heterocycles. The Bertz CT molecular complexity index is 793. The number of fused-ring (bicyclic) bond motifs is 1. The van der Waals surface area contributed by atoms with Gasteiger partial charge in [-0.3, -0.25) is 9.78 Å². The predicted molar refractivity (Wildman–Crippen MR) is 82.1 cm³/mol. The summed E-state index contributed by atoms with van der Waals surface area (Å²) in [6.45, 7) is 0.457. The molecule has 0 aliphatic carbocycles. The van der Waals surface area contributed by atoms with Crippen molar-refractivity contribution in [2.75, 3.05) is 0 Å². The molecule has 5 heteroatoms. The van der Waals surface area contributed by atoms with Gasteiger partial charge >= 0.3 is 0 Å². The Morgan fingerprint density at radius 1 is 1.21 bits per heavy atom. The number of hydrogen-bond donors (Lipinski definition) is 0. The van der Waals surface area contributed by atoms with E-state index in [2.05, 4.69) is 32.7 Å². The summed E-state index contributed by atoms with van der Waals surface area (Å²) in [5.41, 5.74) is 1.88. The summed E-state index contributed by atoms with van der Waals surface area (Å²) in [4.78, 5) is 16.2. The van der Waals surface area contributed by atoms with Crippen molar-refractivity contribution in [3.05, 3.63) is 68.3 Å². The van der Waals surface area contributed by atoms with E-state index in [0.29, 0.717) is 6.54 Å². The summed E-state index contributed by atoms with van der Waals surface area (Å²) in [6, 6.07) is 11.4. The normalized spacial score (nSPS) is 10.8. The fraction of sp³-hybridized carbons (Fsp3) is 0.0714. The molecular formula is C14H10IN3O. The van der Waals surface area contributed by atoms with E-state index in [-0.39, 0.29) is 5.56 Å². The van der Waals surface area contributed by atoms with E-state index in [4.69, 9.17) is 0 Å². The van der Waals surface area contributed by atoms with Crippen LogP contribution in [0.5, 0.6) is 0 Å². The Kier molecular flexibility index (Phi) is 3.29. The largest absolute Gasteiger partial charge is 0.268 e. The quantitative estimate of drug-likeness (QED) is 0.658. The topological polar surface area (TPSA) is 47.8 Å². The van der Waals surface area contributed by atoms with Gasteiger partial charge in [0.05, 0.1) is 18.3 Å². The number of halogens is 1. The predicted octanol–water partition coefficient (Wildman–Crippen LogP) is 2.44. The summed E-state index contributed by atoms with van der Waals surface area (Å²) in [5, 5.41) is 5.21. The molecule has 1 aromatic carbocycles. The standard InChI is InChI=1S/C14H10IN3O/c15-11-7-14(19)18(17-8-11)9-10-5-6-16-13-4-2-1-3-12(10)13/h1-8H,9H2.